The van der Waals surface area contributed by atoms with E-state index >= 15 is 0 Å². The molecule has 22 heavy (non-hydrogen) atoms. The minimum atomic E-state index is -0.424. The zero-order valence-electron chi connectivity index (χ0n) is 15.9. The van der Waals surface area contributed by atoms with Gasteiger partial charge in [-0.2, -0.15) is 0 Å². The lowest BCUT2D eigenvalue weighted by atomic mass is 9.98. The van der Waals surface area contributed by atoms with Crippen molar-refractivity contribution >= 4 is 6.09 Å². The Morgan fingerprint density at radius 3 is 2.27 bits per heavy atom. The minimum absolute atomic E-state index is 0.207. The molecule has 0 fully saturated rings. The molecule has 0 bridgehead atoms. The van der Waals surface area contributed by atoms with Crippen LogP contribution < -0.4 is 5.32 Å². The van der Waals surface area contributed by atoms with Crippen LogP contribution in [0.5, 0.6) is 0 Å². The van der Waals surface area contributed by atoms with Crippen LogP contribution in [0.3, 0.4) is 0 Å². The van der Waals surface area contributed by atoms with Gasteiger partial charge in [0.15, 0.2) is 0 Å². The van der Waals surface area contributed by atoms with Crippen molar-refractivity contribution in [2.45, 2.75) is 85.8 Å². The van der Waals surface area contributed by atoms with Gasteiger partial charge in [-0.05, 0) is 59.4 Å². The van der Waals surface area contributed by atoms with Crippen LogP contribution in [-0.4, -0.2) is 42.3 Å². The highest BCUT2D eigenvalue weighted by atomic mass is 16.6. The summed E-state index contributed by atoms with van der Waals surface area (Å²) in [6.07, 6.45) is 4.39. The van der Waals surface area contributed by atoms with E-state index in [-0.39, 0.29) is 6.09 Å². The fourth-order valence-electron chi connectivity index (χ4n) is 2.33. The Labute approximate surface area is 138 Å². The van der Waals surface area contributed by atoms with Gasteiger partial charge in [-0.1, -0.05) is 27.2 Å². The first-order valence-electron chi connectivity index (χ1n) is 8.94. The van der Waals surface area contributed by atoms with Crippen LogP contribution in [0.15, 0.2) is 0 Å². The maximum atomic E-state index is 12.0. The number of nitrogens with one attached hydrogen (secondary N) is 1. The number of hydrogen-bond acceptors (Lipinski definition) is 3. The molecule has 1 N–H and O–H groups in total. The molecule has 0 aliphatic heterocycles. The average Bonchev–Trinajstić information content (AvgIpc) is 2.43. The maximum Gasteiger partial charge on any atom is 0.410 e. The van der Waals surface area contributed by atoms with Crippen LogP contribution in [0, 0.1) is 5.92 Å². The summed E-state index contributed by atoms with van der Waals surface area (Å²) in [5, 5.41) is 3.62. The van der Waals surface area contributed by atoms with Crippen molar-refractivity contribution in [2.75, 3.05) is 19.6 Å². The van der Waals surface area contributed by atoms with E-state index in [0.29, 0.717) is 12.6 Å². The van der Waals surface area contributed by atoms with Gasteiger partial charge in [0.2, 0.25) is 0 Å². The minimum Gasteiger partial charge on any atom is -0.444 e. The van der Waals surface area contributed by atoms with Gasteiger partial charge in [0.1, 0.15) is 5.60 Å². The summed E-state index contributed by atoms with van der Waals surface area (Å²) in [5.41, 5.74) is -0.424. The zero-order chi connectivity index (χ0) is 17.2. The third-order valence-electron chi connectivity index (χ3n) is 3.95. The molecule has 0 aromatic rings. The Hall–Kier alpha value is -0.770. The van der Waals surface area contributed by atoms with E-state index in [1.165, 1.54) is 12.8 Å². The summed E-state index contributed by atoms with van der Waals surface area (Å²) in [5.74, 6) is 0.770. The molecular weight excluding hydrogens is 276 g/mol. The third-order valence-corrected chi connectivity index (χ3v) is 3.95. The molecule has 0 spiro atoms. The fourth-order valence-corrected chi connectivity index (χ4v) is 2.33. The molecule has 0 saturated heterocycles. The van der Waals surface area contributed by atoms with E-state index in [1.54, 1.807) is 4.90 Å². The Morgan fingerprint density at radius 1 is 1.18 bits per heavy atom. The summed E-state index contributed by atoms with van der Waals surface area (Å²) in [6.45, 7) is 16.9. The van der Waals surface area contributed by atoms with Gasteiger partial charge in [-0.3, -0.25) is 0 Å². The Bertz CT molecular complexity index is 300. The van der Waals surface area contributed by atoms with Crippen molar-refractivity contribution in [3.05, 3.63) is 0 Å². The lowest BCUT2D eigenvalue weighted by Crippen LogP contribution is -2.39. The zero-order valence-corrected chi connectivity index (χ0v) is 15.9. The molecule has 0 radical (unpaired) electrons. The molecule has 2 unspecified atom stereocenters. The van der Waals surface area contributed by atoms with E-state index in [9.17, 15) is 4.79 Å². The Balaban J connectivity index is 4.07. The quantitative estimate of drug-likeness (QED) is 0.606. The number of nitrogens with zero attached hydrogens (tertiary/aromatic N) is 1. The average molecular weight is 315 g/mol. The first-order valence-corrected chi connectivity index (χ1v) is 8.94. The van der Waals surface area contributed by atoms with E-state index < -0.39 is 5.60 Å². The Kier molecular flexibility index (Phi) is 10.5. The largest absolute Gasteiger partial charge is 0.444 e. The van der Waals surface area contributed by atoms with Crippen molar-refractivity contribution in [3.63, 3.8) is 0 Å². The molecule has 0 aliphatic rings. The van der Waals surface area contributed by atoms with Gasteiger partial charge in [0, 0.05) is 19.1 Å². The number of carbonyl (C=O) groups excluding carboxylic acids is 1. The highest BCUT2D eigenvalue weighted by molar-refractivity contribution is 5.68. The molecule has 0 heterocycles. The van der Waals surface area contributed by atoms with Crippen molar-refractivity contribution in [3.8, 4) is 0 Å². The van der Waals surface area contributed by atoms with Crippen LogP contribution in [-0.2, 0) is 4.74 Å². The monoisotopic (exact) mass is 314 g/mol. The smallest absolute Gasteiger partial charge is 0.410 e. The summed E-state index contributed by atoms with van der Waals surface area (Å²) in [7, 11) is 0. The van der Waals surface area contributed by atoms with Gasteiger partial charge in [-0.25, -0.2) is 4.79 Å². The van der Waals surface area contributed by atoms with E-state index in [0.717, 1.165) is 31.8 Å². The molecule has 1 amide bonds. The number of hydrogen-bond donors (Lipinski definition) is 1. The summed E-state index contributed by atoms with van der Waals surface area (Å²) in [4.78, 5) is 13.8. The molecule has 4 nitrogen and oxygen atoms in total. The third kappa shape index (κ3) is 10.0. The standard InChI is InChI=1S/C18H38N2O2/c1-8-15(4)14-16(9-2)19-12-11-13-20(10-3)17(21)22-18(5,6)7/h15-16,19H,8-14H2,1-7H3. The van der Waals surface area contributed by atoms with Gasteiger partial charge >= 0.3 is 6.09 Å². The van der Waals surface area contributed by atoms with Crippen LogP contribution in [0.25, 0.3) is 0 Å². The van der Waals surface area contributed by atoms with Crippen LogP contribution in [0.2, 0.25) is 0 Å². The molecule has 132 valence electrons. The van der Waals surface area contributed by atoms with Crippen LogP contribution in [0.4, 0.5) is 4.79 Å². The molecule has 0 saturated carbocycles. The highest BCUT2D eigenvalue weighted by Crippen LogP contribution is 2.12. The summed E-state index contributed by atoms with van der Waals surface area (Å²) in [6, 6.07) is 0.589. The summed E-state index contributed by atoms with van der Waals surface area (Å²) >= 11 is 0. The van der Waals surface area contributed by atoms with Crippen molar-refractivity contribution < 1.29 is 9.53 Å². The second-order valence-corrected chi connectivity index (χ2v) is 7.22. The van der Waals surface area contributed by atoms with Gasteiger partial charge in [-0.15, -0.1) is 0 Å². The topological polar surface area (TPSA) is 41.6 Å². The predicted molar refractivity (Wildman–Crippen MR) is 94.3 cm³/mol. The second kappa shape index (κ2) is 10.9. The van der Waals surface area contributed by atoms with Crippen molar-refractivity contribution in [1.29, 1.82) is 0 Å². The van der Waals surface area contributed by atoms with Crippen molar-refractivity contribution in [2.24, 2.45) is 5.92 Å². The number of amides is 1. The lowest BCUT2D eigenvalue weighted by molar-refractivity contribution is 0.0258. The first kappa shape index (κ1) is 21.2. The van der Waals surface area contributed by atoms with Gasteiger partial charge in [0.25, 0.3) is 0 Å². The van der Waals surface area contributed by atoms with E-state index in [1.807, 2.05) is 27.7 Å². The molecule has 0 aromatic heterocycles. The fraction of sp³-hybridized carbons (Fsp3) is 0.944. The summed E-state index contributed by atoms with van der Waals surface area (Å²) < 4.78 is 5.42. The predicted octanol–water partition coefficient (Wildman–Crippen LogP) is 4.44. The molecule has 2 atom stereocenters. The van der Waals surface area contributed by atoms with E-state index in [2.05, 4.69) is 26.1 Å². The number of rotatable bonds is 10. The second-order valence-electron chi connectivity index (χ2n) is 7.22. The van der Waals surface area contributed by atoms with Crippen LogP contribution >= 0.6 is 0 Å². The number of carbonyl (C=O) groups is 1. The normalized spacial score (nSPS) is 14.5. The molecule has 0 rings (SSSR count). The molecule has 4 heteroatoms. The van der Waals surface area contributed by atoms with Gasteiger partial charge in [0.05, 0.1) is 0 Å². The molecular formula is C18H38N2O2. The molecule has 0 aliphatic carbocycles. The number of ether oxygens (including phenoxy) is 1. The first-order chi connectivity index (χ1) is 10.2. The van der Waals surface area contributed by atoms with Crippen molar-refractivity contribution in [1.82, 2.24) is 10.2 Å². The van der Waals surface area contributed by atoms with Gasteiger partial charge < -0.3 is 15.0 Å². The van der Waals surface area contributed by atoms with Crippen LogP contribution in [0.1, 0.15) is 74.1 Å². The molecule has 0 aromatic carbocycles. The highest BCUT2D eigenvalue weighted by Gasteiger charge is 2.20. The maximum absolute atomic E-state index is 12.0. The SMILES string of the molecule is CCC(C)CC(CC)NCCCN(CC)C(=O)OC(C)(C)C. The Morgan fingerprint density at radius 2 is 1.82 bits per heavy atom. The van der Waals surface area contributed by atoms with E-state index in [4.69, 9.17) is 4.74 Å². The lowest BCUT2D eigenvalue weighted by Gasteiger charge is -2.27.